The summed E-state index contributed by atoms with van der Waals surface area (Å²) in [6.45, 7) is 6.68. The maximum Gasteiger partial charge on any atom is 0.264 e. The van der Waals surface area contributed by atoms with E-state index in [4.69, 9.17) is 14.2 Å². The minimum absolute atomic E-state index is 0.0700. The number of carbonyl (C=O) groups is 2. The number of carbonyl (C=O) groups excluding carboxylic acids is 2. The van der Waals surface area contributed by atoms with Crippen molar-refractivity contribution >= 4 is 27.5 Å². The Balaban J connectivity index is 2.04. The summed E-state index contributed by atoms with van der Waals surface area (Å²) in [6.07, 6.45) is 0. The van der Waals surface area contributed by atoms with Crippen LogP contribution in [-0.2, 0) is 26.2 Å². The van der Waals surface area contributed by atoms with Crippen molar-refractivity contribution in [2.24, 2.45) is 0 Å². The Bertz CT molecular complexity index is 1470. The molecule has 0 aliphatic heterocycles. The van der Waals surface area contributed by atoms with Crippen LogP contribution in [0.4, 0.5) is 5.69 Å². The Morgan fingerprint density at radius 3 is 2.02 bits per heavy atom. The summed E-state index contributed by atoms with van der Waals surface area (Å²) in [5.41, 5.74) is 0.498. The highest BCUT2D eigenvalue weighted by molar-refractivity contribution is 7.92. The first-order valence-corrected chi connectivity index (χ1v) is 14.8. The molecule has 226 valence electrons. The Morgan fingerprint density at radius 2 is 1.48 bits per heavy atom. The fourth-order valence-electron chi connectivity index (χ4n) is 4.21. The van der Waals surface area contributed by atoms with Gasteiger partial charge in [-0.2, -0.15) is 0 Å². The predicted octanol–water partition coefficient (Wildman–Crippen LogP) is 4.24. The van der Waals surface area contributed by atoms with Gasteiger partial charge < -0.3 is 24.4 Å². The van der Waals surface area contributed by atoms with Gasteiger partial charge in [0.05, 0.1) is 31.9 Å². The Hall–Kier alpha value is -4.25. The van der Waals surface area contributed by atoms with Gasteiger partial charge in [0, 0.05) is 18.2 Å². The zero-order valence-electron chi connectivity index (χ0n) is 25.1. The fourth-order valence-corrected chi connectivity index (χ4v) is 5.64. The first kappa shape index (κ1) is 32.3. The molecule has 2 amide bonds. The maximum absolute atomic E-state index is 14.0. The number of rotatable bonds is 12. The highest BCUT2D eigenvalue weighted by atomic mass is 32.2. The second-order valence-electron chi connectivity index (χ2n) is 10.6. The number of hydrogen-bond donors (Lipinski definition) is 1. The van der Waals surface area contributed by atoms with Gasteiger partial charge in [0.1, 0.15) is 18.3 Å². The zero-order chi connectivity index (χ0) is 31.1. The Labute approximate surface area is 248 Å². The molecule has 0 aliphatic carbocycles. The summed E-state index contributed by atoms with van der Waals surface area (Å²) >= 11 is 0. The number of sulfonamides is 1. The fraction of sp³-hybridized carbons (Fsp3) is 0.355. The van der Waals surface area contributed by atoms with E-state index in [1.54, 1.807) is 68.6 Å². The van der Waals surface area contributed by atoms with E-state index in [0.717, 1.165) is 9.87 Å². The van der Waals surface area contributed by atoms with Crippen LogP contribution in [0.3, 0.4) is 0 Å². The number of methoxy groups -OCH3 is 3. The lowest BCUT2D eigenvalue weighted by atomic mass is 10.1. The molecule has 11 heteroatoms. The Kier molecular flexibility index (Phi) is 10.5. The van der Waals surface area contributed by atoms with E-state index >= 15 is 0 Å². The van der Waals surface area contributed by atoms with E-state index in [2.05, 4.69) is 5.32 Å². The topological polar surface area (TPSA) is 114 Å². The van der Waals surface area contributed by atoms with Crippen LogP contribution in [0, 0.1) is 0 Å². The quantitative estimate of drug-likeness (QED) is 0.332. The minimum atomic E-state index is -4.26. The molecule has 0 aromatic heterocycles. The molecule has 0 fully saturated rings. The predicted molar refractivity (Wildman–Crippen MR) is 161 cm³/mol. The molecule has 0 radical (unpaired) electrons. The average molecular weight is 598 g/mol. The monoisotopic (exact) mass is 597 g/mol. The molecule has 0 saturated heterocycles. The summed E-state index contributed by atoms with van der Waals surface area (Å²) in [6, 6.07) is 18.8. The summed E-state index contributed by atoms with van der Waals surface area (Å²) in [4.78, 5) is 28.5. The average Bonchev–Trinajstić information content (AvgIpc) is 2.97. The van der Waals surface area contributed by atoms with Crippen molar-refractivity contribution in [2.75, 3.05) is 32.2 Å². The summed E-state index contributed by atoms with van der Waals surface area (Å²) in [5, 5.41) is 2.91. The van der Waals surface area contributed by atoms with Crippen LogP contribution >= 0.6 is 0 Å². The smallest absolute Gasteiger partial charge is 0.264 e. The van der Waals surface area contributed by atoms with Crippen LogP contribution in [0.2, 0.25) is 0 Å². The molecular weight excluding hydrogens is 558 g/mol. The molecule has 10 nitrogen and oxygen atoms in total. The lowest BCUT2D eigenvalue weighted by Crippen LogP contribution is -2.54. The first-order chi connectivity index (χ1) is 19.8. The standard InChI is InChI=1S/C31H39N3O7S/c1-22(30(36)32-31(2,3)4)33(20-23-13-15-25(39-5)16-14-23)29(35)21-34(24-11-9-8-10-12-24)42(37,38)26-17-18-27(40-6)28(19-26)41-7/h8-19,22H,20-21H2,1-7H3,(H,32,36)/t22-/m1/s1. The molecule has 3 aromatic rings. The lowest BCUT2D eigenvalue weighted by Gasteiger charge is -2.33. The third-order valence-corrected chi connectivity index (χ3v) is 8.21. The van der Waals surface area contributed by atoms with E-state index < -0.39 is 34.1 Å². The zero-order valence-corrected chi connectivity index (χ0v) is 25.9. The summed E-state index contributed by atoms with van der Waals surface area (Å²) in [7, 11) is 0.157. The van der Waals surface area contributed by atoms with Gasteiger partial charge in [0.25, 0.3) is 10.0 Å². The molecule has 3 aromatic carbocycles. The molecule has 0 aliphatic rings. The van der Waals surface area contributed by atoms with Gasteiger partial charge in [0.15, 0.2) is 11.5 Å². The molecule has 1 atom stereocenters. The van der Waals surface area contributed by atoms with E-state index in [0.29, 0.717) is 11.5 Å². The SMILES string of the molecule is COc1ccc(CN(C(=O)CN(c2ccccc2)S(=O)(=O)c2ccc(OC)c(OC)c2)[C@H](C)C(=O)NC(C)(C)C)cc1. The second-order valence-corrected chi connectivity index (χ2v) is 12.5. The van der Waals surface area contributed by atoms with E-state index in [1.165, 1.54) is 37.3 Å². The van der Waals surface area contributed by atoms with Crippen molar-refractivity contribution in [2.45, 2.75) is 50.7 Å². The molecule has 3 rings (SSSR count). The van der Waals surface area contributed by atoms with Crippen molar-refractivity contribution < 1.29 is 32.2 Å². The van der Waals surface area contributed by atoms with Crippen molar-refractivity contribution in [1.29, 1.82) is 0 Å². The van der Waals surface area contributed by atoms with Crippen LogP contribution in [0.1, 0.15) is 33.3 Å². The molecular formula is C31H39N3O7S. The van der Waals surface area contributed by atoms with Crippen molar-refractivity contribution in [3.8, 4) is 17.2 Å². The van der Waals surface area contributed by atoms with Crippen molar-refractivity contribution in [3.63, 3.8) is 0 Å². The van der Waals surface area contributed by atoms with Crippen LogP contribution in [0.5, 0.6) is 17.2 Å². The van der Waals surface area contributed by atoms with E-state index in [-0.39, 0.29) is 28.8 Å². The maximum atomic E-state index is 14.0. The molecule has 0 unspecified atom stereocenters. The van der Waals surface area contributed by atoms with Gasteiger partial charge in [-0.3, -0.25) is 13.9 Å². The number of hydrogen-bond acceptors (Lipinski definition) is 7. The number of para-hydroxylation sites is 1. The molecule has 1 N–H and O–H groups in total. The van der Waals surface area contributed by atoms with Crippen LogP contribution in [0.15, 0.2) is 77.7 Å². The number of ether oxygens (including phenoxy) is 3. The molecule has 0 bridgehead atoms. The molecule has 42 heavy (non-hydrogen) atoms. The van der Waals surface area contributed by atoms with Gasteiger partial charge >= 0.3 is 0 Å². The van der Waals surface area contributed by atoms with Gasteiger partial charge in [0.2, 0.25) is 11.8 Å². The number of nitrogens with zero attached hydrogens (tertiary/aromatic N) is 2. The third kappa shape index (κ3) is 7.94. The minimum Gasteiger partial charge on any atom is -0.497 e. The van der Waals surface area contributed by atoms with Crippen LogP contribution < -0.4 is 23.8 Å². The summed E-state index contributed by atoms with van der Waals surface area (Å²) in [5.74, 6) is 0.315. The number of amides is 2. The van der Waals surface area contributed by atoms with Gasteiger partial charge in [-0.05, 0) is 69.7 Å². The molecule has 0 spiro atoms. The number of anilines is 1. The normalized spacial score (nSPS) is 12.2. The molecule has 0 heterocycles. The van der Waals surface area contributed by atoms with Crippen molar-refractivity contribution in [1.82, 2.24) is 10.2 Å². The summed E-state index contributed by atoms with van der Waals surface area (Å²) < 4.78 is 44.9. The van der Waals surface area contributed by atoms with Gasteiger partial charge in [-0.1, -0.05) is 30.3 Å². The van der Waals surface area contributed by atoms with E-state index in [9.17, 15) is 18.0 Å². The van der Waals surface area contributed by atoms with Crippen LogP contribution in [-0.4, -0.2) is 64.6 Å². The lowest BCUT2D eigenvalue weighted by molar-refractivity contribution is -0.140. The molecule has 0 saturated carbocycles. The highest BCUT2D eigenvalue weighted by Crippen LogP contribution is 2.32. The first-order valence-electron chi connectivity index (χ1n) is 13.3. The third-order valence-electron chi connectivity index (χ3n) is 6.44. The van der Waals surface area contributed by atoms with Gasteiger partial charge in [-0.15, -0.1) is 0 Å². The van der Waals surface area contributed by atoms with Crippen LogP contribution in [0.25, 0.3) is 0 Å². The Morgan fingerprint density at radius 1 is 0.857 bits per heavy atom. The highest BCUT2D eigenvalue weighted by Gasteiger charge is 2.33. The van der Waals surface area contributed by atoms with E-state index in [1.807, 2.05) is 20.8 Å². The number of nitrogens with one attached hydrogen (secondary N) is 1. The van der Waals surface area contributed by atoms with Crippen molar-refractivity contribution in [3.05, 3.63) is 78.4 Å². The second kappa shape index (κ2) is 13.6. The van der Waals surface area contributed by atoms with Gasteiger partial charge in [-0.25, -0.2) is 8.42 Å². The number of benzene rings is 3. The largest absolute Gasteiger partial charge is 0.497 e.